The van der Waals surface area contributed by atoms with Gasteiger partial charge < -0.3 is 10.4 Å². The first-order valence-electron chi connectivity index (χ1n) is 6.28. The fraction of sp³-hybridized carbons (Fsp3) is 0.133. The minimum atomic E-state index is -1.02. The molecule has 6 nitrogen and oxygen atoms in total. The van der Waals surface area contributed by atoms with Crippen LogP contribution in [0.25, 0.3) is 0 Å². The average Bonchev–Trinajstić information content (AvgIpc) is 2.49. The molecule has 1 aromatic heterocycles. The van der Waals surface area contributed by atoms with E-state index in [9.17, 15) is 9.59 Å². The molecular formula is C15H15N3O3. The van der Waals surface area contributed by atoms with Crippen LogP contribution in [0.5, 0.6) is 0 Å². The Hall–Kier alpha value is -2.89. The van der Waals surface area contributed by atoms with Gasteiger partial charge in [0.25, 0.3) is 0 Å². The number of pyridine rings is 1. The highest BCUT2D eigenvalue weighted by atomic mass is 16.4. The summed E-state index contributed by atoms with van der Waals surface area (Å²) >= 11 is 0. The number of hydrogen-bond acceptors (Lipinski definition) is 3. The maximum Gasteiger partial charge on any atom is 0.336 e. The zero-order chi connectivity index (χ0) is 15.4. The number of nitrogens with zero attached hydrogens (tertiary/aromatic N) is 2. The molecule has 2 aromatic rings. The van der Waals surface area contributed by atoms with E-state index in [0.29, 0.717) is 16.9 Å². The molecule has 0 aliphatic heterocycles. The van der Waals surface area contributed by atoms with Gasteiger partial charge in [-0.2, -0.15) is 0 Å². The van der Waals surface area contributed by atoms with Gasteiger partial charge in [-0.3, -0.25) is 9.88 Å². The Morgan fingerprint density at radius 2 is 2.00 bits per heavy atom. The number of benzene rings is 1. The summed E-state index contributed by atoms with van der Waals surface area (Å²) in [6.07, 6.45) is 3.19. The predicted molar refractivity (Wildman–Crippen MR) is 79.8 cm³/mol. The summed E-state index contributed by atoms with van der Waals surface area (Å²) in [4.78, 5) is 28.6. The van der Waals surface area contributed by atoms with E-state index < -0.39 is 5.97 Å². The van der Waals surface area contributed by atoms with Crippen molar-refractivity contribution in [2.75, 3.05) is 17.3 Å². The lowest BCUT2D eigenvalue weighted by Gasteiger charge is -2.18. The lowest BCUT2D eigenvalue weighted by atomic mass is 10.1. The van der Waals surface area contributed by atoms with Crippen LogP contribution in [0.15, 0.2) is 42.7 Å². The summed E-state index contributed by atoms with van der Waals surface area (Å²) in [7, 11) is 1.61. The Bertz CT molecular complexity index is 671. The first-order chi connectivity index (χ1) is 10.0. The van der Waals surface area contributed by atoms with Crippen LogP contribution in [0.4, 0.5) is 16.2 Å². The number of carboxylic acid groups (broad SMARTS) is 1. The maximum atomic E-state index is 12.2. The second-order valence-electron chi connectivity index (χ2n) is 4.48. The number of carbonyl (C=O) groups excluding carboxylic acids is 1. The van der Waals surface area contributed by atoms with E-state index in [1.54, 1.807) is 50.6 Å². The first-order valence-corrected chi connectivity index (χ1v) is 6.28. The number of anilines is 2. The Balaban J connectivity index is 2.21. The molecule has 0 saturated carbocycles. The van der Waals surface area contributed by atoms with Crippen LogP contribution in [0.2, 0.25) is 0 Å². The third-order valence-electron chi connectivity index (χ3n) is 3.14. The Morgan fingerprint density at radius 3 is 2.62 bits per heavy atom. The molecule has 1 heterocycles. The summed E-state index contributed by atoms with van der Waals surface area (Å²) in [6.45, 7) is 1.66. The number of aromatic nitrogens is 1. The minimum absolute atomic E-state index is 0.164. The van der Waals surface area contributed by atoms with Crippen LogP contribution in [-0.2, 0) is 0 Å². The van der Waals surface area contributed by atoms with Gasteiger partial charge in [-0.25, -0.2) is 9.59 Å². The van der Waals surface area contributed by atoms with Gasteiger partial charge in [0.2, 0.25) is 0 Å². The van der Waals surface area contributed by atoms with Crippen molar-refractivity contribution >= 4 is 23.4 Å². The quantitative estimate of drug-likeness (QED) is 0.908. The molecule has 6 heteroatoms. The topological polar surface area (TPSA) is 82.5 Å². The van der Waals surface area contributed by atoms with E-state index in [4.69, 9.17) is 5.11 Å². The molecule has 1 aromatic carbocycles. The maximum absolute atomic E-state index is 12.2. The number of carbonyl (C=O) groups is 2. The molecule has 0 atom stereocenters. The van der Waals surface area contributed by atoms with Gasteiger partial charge >= 0.3 is 12.0 Å². The van der Waals surface area contributed by atoms with Crippen molar-refractivity contribution in [1.82, 2.24) is 4.98 Å². The van der Waals surface area contributed by atoms with E-state index in [-0.39, 0.29) is 11.6 Å². The van der Waals surface area contributed by atoms with Crippen LogP contribution in [0.3, 0.4) is 0 Å². The van der Waals surface area contributed by atoms with Crippen molar-refractivity contribution in [2.24, 2.45) is 0 Å². The van der Waals surface area contributed by atoms with Crippen LogP contribution in [0, 0.1) is 6.92 Å². The average molecular weight is 285 g/mol. The largest absolute Gasteiger partial charge is 0.478 e. The fourth-order valence-electron chi connectivity index (χ4n) is 1.87. The third kappa shape index (κ3) is 3.17. The van der Waals surface area contributed by atoms with Crippen LogP contribution in [0.1, 0.15) is 15.9 Å². The summed E-state index contributed by atoms with van der Waals surface area (Å²) in [5.41, 5.74) is 1.78. The highest BCUT2D eigenvalue weighted by Crippen LogP contribution is 2.20. The Morgan fingerprint density at radius 1 is 1.24 bits per heavy atom. The molecule has 2 amide bonds. The molecular weight excluding hydrogens is 270 g/mol. The van der Waals surface area contributed by atoms with Gasteiger partial charge in [0.15, 0.2) is 0 Å². The number of nitrogens with one attached hydrogen (secondary N) is 1. The van der Waals surface area contributed by atoms with Gasteiger partial charge in [-0.1, -0.05) is 6.07 Å². The van der Waals surface area contributed by atoms with Crippen LogP contribution >= 0.6 is 0 Å². The monoisotopic (exact) mass is 285 g/mol. The lowest BCUT2D eigenvalue weighted by Crippen LogP contribution is -2.31. The van der Waals surface area contributed by atoms with Crippen molar-refractivity contribution in [1.29, 1.82) is 0 Å². The van der Waals surface area contributed by atoms with Crippen molar-refractivity contribution in [3.8, 4) is 0 Å². The van der Waals surface area contributed by atoms with E-state index >= 15 is 0 Å². The van der Waals surface area contributed by atoms with E-state index in [1.165, 1.54) is 11.0 Å². The van der Waals surface area contributed by atoms with Gasteiger partial charge in [0, 0.05) is 18.9 Å². The lowest BCUT2D eigenvalue weighted by molar-refractivity contribution is 0.0696. The molecule has 0 radical (unpaired) electrons. The van der Waals surface area contributed by atoms with Gasteiger partial charge in [0.1, 0.15) is 0 Å². The SMILES string of the molecule is Cc1c(NC(=O)N(C)c2cccnc2)cccc1C(=O)O. The number of rotatable bonds is 3. The summed E-state index contributed by atoms with van der Waals surface area (Å²) < 4.78 is 0. The normalized spacial score (nSPS) is 10.0. The van der Waals surface area contributed by atoms with Crippen molar-refractivity contribution in [3.63, 3.8) is 0 Å². The Labute approximate surface area is 122 Å². The second-order valence-corrected chi connectivity index (χ2v) is 4.48. The summed E-state index contributed by atoms with van der Waals surface area (Å²) in [5, 5.41) is 11.8. The molecule has 0 saturated heterocycles. The van der Waals surface area contributed by atoms with E-state index in [1.807, 2.05) is 0 Å². The Kier molecular flexibility index (Phi) is 4.18. The number of amides is 2. The molecule has 2 rings (SSSR count). The highest BCUT2D eigenvalue weighted by molar-refractivity contribution is 6.02. The van der Waals surface area contributed by atoms with Crippen molar-refractivity contribution in [2.45, 2.75) is 6.92 Å². The summed E-state index contributed by atoms with van der Waals surface area (Å²) in [6, 6.07) is 7.88. The van der Waals surface area contributed by atoms with Crippen LogP contribution < -0.4 is 10.2 Å². The van der Waals surface area contributed by atoms with Gasteiger partial charge in [-0.15, -0.1) is 0 Å². The number of carboxylic acids is 1. The van der Waals surface area contributed by atoms with Crippen LogP contribution in [-0.4, -0.2) is 29.1 Å². The molecule has 0 spiro atoms. The zero-order valence-electron chi connectivity index (χ0n) is 11.7. The minimum Gasteiger partial charge on any atom is -0.478 e. The summed E-state index contributed by atoms with van der Waals surface area (Å²) in [5.74, 6) is -1.02. The molecule has 108 valence electrons. The third-order valence-corrected chi connectivity index (χ3v) is 3.14. The second kappa shape index (κ2) is 6.04. The highest BCUT2D eigenvalue weighted by Gasteiger charge is 2.15. The first kappa shape index (κ1) is 14.5. The van der Waals surface area contributed by atoms with Crippen molar-refractivity contribution in [3.05, 3.63) is 53.9 Å². The van der Waals surface area contributed by atoms with E-state index in [2.05, 4.69) is 10.3 Å². The van der Waals surface area contributed by atoms with Gasteiger partial charge in [-0.05, 0) is 36.8 Å². The zero-order valence-corrected chi connectivity index (χ0v) is 11.7. The molecule has 0 unspecified atom stereocenters. The molecule has 0 fully saturated rings. The molecule has 0 bridgehead atoms. The number of urea groups is 1. The van der Waals surface area contributed by atoms with Gasteiger partial charge in [0.05, 0.1) is 17.4 Å². The molecule has 21 heavy (non-hydrogen) atoms. The number of hydrogen-bond donors (Lipinski definition) is 2. The molecule has 0 aliphatic carbocycles. The van der Waals surface area contributed by atoms with E-state index in [0.717, 1.165) is 0 Å². The van der Waals surface area contributed by atoms with Crippen molar-refractivity contribution < 1.29 is 14.7 Å². The molecule has 0 aliphatic rings. The smallest absolute Gasteiger partial charge is 0.336 e. The predicted octanol–water partition coefficient (Wildman–Crippen LogP) is 2.76. The molecule has 2 N–H and O–H groups in total. The standard InChI is InChI=1S/C15H15N3O3/c1-10-12(14(19)20)6-3-7-13(10)17-15(21)18(2)11-5-4-8-16-9-11/h3-9H,1-2H3,(H,17,21)(H,19,20). The number of aromatic carboxylic acids is 1. The fourth-order valence-corrected chi connectivity index (χ4v) is 1.87.